The van der Waals surface area contributed by atoms with E-state index in [1.165, 1.54) is 0 Å². The molecule has 2 nitrogen and oxygen atoms in total. The second kappa shape index (κ2) is 6.18. The minimum absolute atomic E-state index is 0.0534. The van der Waals surface area contributed by atoms with Gasteiger partial charge < -0.3 is 4.74 Å². The molecule has 0 spiro atoms. The number of carbonyl (C=O) groups is 1. The molecule has 112 valence electrons. The molecular formula is C20H20O2. The zero-order valence-corrected chi connectivity index (χ0v) is 12.9. The molecule has 3 rings (SSSR count). The Morgan fingerprint density at radius 2 is 1.50 bits per heavy atom. The van der Waals surface area contributed by atoms with Gasteiger partial charge in [0.2, 0.25) is 0 Å². The summed E-state index contributed by atoms with van der Waals surface area (Å²) in [6, 6.07) is 20.0. The fourth-order valence-corrected chi connectivity index (χ4v) is 3.05. The van der Waals surface area contributed by atoms with Crippen LogP contribution >= 0.6 is 0 Å². The number of hydrogen-bond acceptors (Lipinski definition) is 2. The summed E-state index contributed by atoms with van der Waals surface area (Å²) in [4.78, 5) is 12.5. The number of esters is 1. The van der Waals surface area contributed by atoms with Crippen molar-refractivity contribution < 1.29 is 9.53 Å². The van der Waals surface area contributed by atoms with Crippen molar-refractivity contribution in [3.63, 3.8) is 0 Å². The number of ether oxygens (including phenoxy) is 1. The maximum Gasteiger partial charge on any atom is 0.315 e. The van der Waals surface area contributed by atoms with Gasteiger partial charge in [-0.15, -0.1) is 0 Å². The van der Waals surface area contributed by atoms with Crippen molar-refractivity contribution in [2.45, 2.75) is 19.8 Å². The lowest BCUT2D eigenvalue weighted by molar-refractivity contribution is -0.144. The van der Waals surface area contributed by atoms with Crippen LogP contribution in [0.4, 0.5) is 0 Å². The Morgan fingerprint density at radius 1 is 0.909 bits per heavy atom. The second-order valence-electron chi connectivity index (χ2n) is 6.02. The predicted octanol–water partition coefficient (Wildman–Crippen LogP) is 4.64. The average molecular weight is 292 g/mol. The molecule has 2 atom stereocenters. The lowest BCUT2D eigenvalue weighted by Crippen LogP contribution is -2.31. The van der Waals surface area contributed by atoms with Crippen LogP contribution in [0.1, 0.15) is 30.9 Å². The normalized spacial score (nSPS) is 21.4. The van der Waals surface area contributed by atoms with E-state index in [9.17, 15) is 4.79 Å². The molecule has 0 saturated heterocycles. The van der Waals surface area contributed by atoms with Gasteiger partial charge in [0.05, 0.1) is 5.92 Å². The Hall–Kier alpha value is -2.35. The first-order valence-electron chi connectivity index (χ1n) is 7.70. The number of allylic oxidation sites excluding steroid dienone is 1. The molecule has 0 amide bonds. The summed E-state index contributed by atoms with van der Waals surface area (Å²) in [7, 11) is 0. The monoisotopic (exact) mass is 292 g/mol. The third kappa shape index (κ3) is 2.82. The Balaban J connectivity index is 2.06. The van der Waals surface area contributed by atoms with E-state index >= 15 is 0 Å². The summed E-state index contributed by atoms with van der Waals surface area (Å²) < 4.78 is 5.62. The Kier molecular flexibility index (Phi) is 4.10. The molecule has 0 aromatic heterocycles. The first-order chi connectivity index (χ1) is 10.7. The van der Waals surface area contributed by atoms with E-state index in [2.05, 4.69) is 32.1 Å². The predicted molar refractivity (Wildman–Crippen MR) is 88.0 cm³/mol. The third-order valence-corrected chi connectivity index (χ3v) is 4.16. The topological polar surface area (TPSA) is 26.3 Å². The van der Waals surface area contributed by atoms with Crippen molar-refractivity contribution in [2.75, 3.05) is 0 Å². The number of cyclic esters (lactones) is 1. The van der Waals surface area contributed by atoms with Gasteiger partial charge in [0.15, 0.2) is 0 Å². The molecule has 2 heteroatoms. The standard InChI is InChI=1S/C20H20O2/c1-14(2)19-17(15-9-5-3-6-10-15)13-18(22-20(19)21)16-11-7-4-8-12-16/h3-14,17,19H,1-2H3/t17-,19-/m0/s1. The van der Waals surface area contributed by atoms with E-state index in [-0.39, 0.29) is 23.7 Å². The molecule has 0 N–H and O–H groups in total. The molecule has 2 aromatic carbocycles. The van der Waals surface area contributed by atoms with Crippen LogP contribution in [0.5, 0.6) is 0 Å². The van der Waals surface area contributed by atoms with Crippen molar-refractivity contribution in [1.82, 2.24) is 0 Å². The molecule has 0 fully saturated rings. The number of benzene rings is 2. The van der Waals surface area contributed by atoms with Crippen molar-refractivity contribution in [1.29, 1.82) is 0 Å². The average Bonchev–Trinajstić information content (AvgIpc) is 2.55. The summed E-state index contributed by atoms with van der Waals surface area (Å²) in [5.74, 6) is 0.667. The molecule has 0 unspecified atom stereocenters. The minimum atomic E-state index is -0.144. The Labute approximate surface area is 131 Å². The molecule has 22 heavy (non-hydrogen) atoms. The van der Waals surface area contributed by atoms with Gasteiger partial charge in [0.1, 0.15) is 5.76 Å². The fraction of sp³-hybridized carbons (Fsp3) is 0.250. The van der Waals surface area contributed by atoms with Crippen LogP contribution in [-0.2, 0) is 9.53 Å². The molecule has 0 radical (unpaired) electrons. The summed E-state index contributed by atoms with van der Waals surface area (Å²) in [5.41, 5.74) is 2.10. The van der Waals surface area contributed by atoms with E-state index in [0.29, 0.717) is 5.76 Å². The van der Waals surface area contributed by atoms with Gasteiger partial charge in [-0.1, -0.05) is 74.5 Å². The lowest BCUT2D eigenvalue weighted by atomic mass is 9.77. The SMILES string of the molecule is CC(C)[C@@H]1C(=O)OC(c2ccccc2)=C[C@H]1c1ccccc1. The van der Waals surface area contributed by atoms with Gasteiger partial charge in [-0.2, -0.15) is 0 Å². The van der Waals surface area contributed by atoms with Crippen molar-refractivity contribution in [3.8, 4) is 0 Å². The molecular weight excluding hydrogens is 272 g/mol. The van der Waals surface area contributed by atoms with Crippen molar-refractivity contribution in [2.24, 2.45) is 11.8 Å². The lowest BCUT2D eigenvalue weighted by Gasteiger charge is -2.31. The van der Waals surface area contributed by atoms with Crippen LogP contribution in [0.25, 0.3) is 5.76 Å². The molecule has 0 bridgehead atoms. The zero-order chi connectivity index (χ0) is 15.5. The highest BCUT2D eigenvalue weighted by atomic mass is 16.5. The van der Waals surface area contributed by atoms with Crippen LogP contribution in [0, 0.1) is 11.8 Å². The van der Waals surface area contributed by atoms with Crippen LogP contribution < -0.4 is 0 Å². The van der Waals surface area contributed by atoms with Gasteiger partial charge in [-0.05, 0) is 17.6 Å². The van der Waals surface area contributed by atoms with Crippen LogP contribution in [-0.4, -0.2) is 5.97 Å². The molecule has 0 saturated carbocycles. The van der Waals surface area contributed by atoms with E-state index in [4.69, 9.17) is 4.74 Å². The maximum absolute atomic E-state index is 12.5. The summed E-state index contributed by atoms with van der Waals surface area (Å²) in [6.07, 6.45) is 2.09. The van der Waals surface area contributed by atoms with Crippen molar-refractivity contribution >= 4 is 11.7 Å². The van der Waals surface area contributed by atoms with E-state index < -0.39 is 0 Å². The van der Waals surface area contributed by atoms with Gasteiger partial charge in [0, 0.05) is 11.5 Å². The molecule has 1 heterocycles. The summed E-state index contributed by atoms with van der Waals surface area (Å²) in [6.45, 7) is 4.15. The van der Waals surface area contributed by atoms with Gasteiger partial charge in [0.25, 0.3) is 0 Å². The van der Waals surface area contributed by atoms with Gasteiger partial charge in [-0.25, -0.2) is 0 Å². The Bertz CT molecular complexity index is 671. The molecule has 1 aliphatic rings. The number of rotatable bonds is 3. The first-order valence-corrected chi connectivity index (χ1v) is 7.70. The van der Waals surface area contributed by atoms with E-state index in [0.717, 1.165) is 11.1 Å². The van der Waals surface area contributed by atoms with Crippen molar-refractivity contribution in [3.05, 3.63) is 77.9 Å². The summed E-state index contributed by atoms with van der Waals surface area (Å²) >= 11 is 0. The third-order valence-electron chi connectivity index (χ3n) is 4.16. The largest absolute Gasteiger partial charge is 0.426 e. The van der Waals surface area contributed by atoms with Gasteiger partial charge in [-0.3, -0.25) is 4.79 Å². The smallest absolute Gasteiger partial charge is 0.315 e. The van der Waals surface area contributed by atoms with Gasteiger partial charge >= 0.3 is 5.97 Å². The van der Waals surface area contributed by atoms with Crippen LogP contribution in [0.15, 0.2) is 66.7 Å². The quantitative estimate of drug-likeness (QED) is 0.770. The van der Waals surface area contributed by atoms with Crippen LogP contribution in [0.2, 0.25) is 0 Å². The number of hydrogen-bond donors (Lipinski definition) is 0. The first kappa shape index (κ1) is 14.6. The maximum atomic E-state index is 12.5. The fourth-order valence-electron chi connectivity index (χ4n) is 3.05. The highest BCUT2D eigenvalue weighted by Crippen LogP contribution is 2.39. The highest BCUT2D eigenvalue weighted by Gasteiger charge is 2.37. The highest BCUT2D eigenvalue weighted by molar-refractivity contribution is 5.84. The minimum Gasteiger partial charge on any atom is -0.426 e. The molecule has 1 aliphatic heterocycles. The summed E-state index contributed by atoms with van der Waals surface area (Å²) in [5, 5.41) is 0. The Morgan fingerprint density at radius 3 is 2.09 bits per heavy atom. The molecule has 2 aromatic rings. The molecule has 0 aliphatic carbocycles. The number of carbonyl (C=O) groups excluding carboxylic acids is 1. The second-order valence-corrected chi connectivity index (χ2v) is 6.02. The van der Waals surface area contributed by atoms with E-state index in [1.807, 2.05) is 48.5 Å². The zero-order valence-electron chi connectivity index (χ0n) is 12.9. The van der Waals surface area contributed by atoms with E-state index in [1.54, 1.807) is 0 Å². The van der Waals surface area contributed by atoms with Crippen LogP contribution in [0.3, 0.4) is 0 Å².